The predicted octanol–water partition coefficient (Wildman–Crippen LogP) is 2.46. The normalized spacial score (nSPS) is 15.6. The summed E-state index contributed by atoms with van der Waals surface area (Å²) < 4.78 is 13.9. The van der Waals surface area contributed by atoms with Crippen molar-refractivity contribution in [2.24, 2.45) is 0 Å². The van der Waals surface area contributed by atoms with Crippen molar-refractivity contribution in [2.75, 3.05) is 12.9 Å². The summed E-state index contributed by atoms with van der Waals surface area (Å²) in [7, 11) is 0. The minimum absolute atomic E-state index is 0.0602. The molecule has 104 valence electrons. The highest BCUT2D eigenvalue weighted by Gasteiger charge is 2.19. The smallest absolute Gasteiger partial charge is 0.129 e. The van der Waals surface area contributed by atoms with Crippen LogP contribution in [0.25, 0.3) is 0 Å². The molecule has 1 aromatic carbocycles. The van der Waals surface area contributed by atoms with Gasteiger partial charge in [0.05, 0.1) is 18.2 Å². The Bertz CT molecular complexity index is 457. The van der Waals surface area contributed by atoms with E-state index in [2.05, 4.69) is 5.32 Å². The summed E-state index contributed by atoms with van der Waals surface area (Å²) in [5.41, 5.74) is 0.850. The molecule has 0 spiro atoms. The molecule has 0 bridgehead atoms. The van der Waals surface area contributed by atoms with Gasteiger partial charge >= 0.3 is 0 Å². The standard InChI is InChI=1S/C14H19FN2OS/c1-9(17-10(2)14(8-18)19-3)12-5-4-11(7-16)6-13(12)15/h4-6,9-10,14,17-18H,8H2,1-3H3. The Labute approximate surface area is 117 Å². The average Bonchev–Trinajstić information content (AvgIpc) is 2.39. The molecule has 3 nitrogen and oxygen atoms in total. The van der Waals surface area contributed by atoms with E-state index in [-0.39, 0.29) is 29.8 Å². The second kappa shape index (κ2) is 7.49. The van der Waals surface area contributed by atoms with Gasteiger partial charge in [0.15, 0.2) is 0 Å². The number of halogens is 1. The predicted molar refractivity (Wildman–Crippen MR) is 76.5 cm³/mol. The molecule has 0 heterocycles. The van der Waals surface area contributed by atoms with Gasteiger partial charge < -0.3 is 10.4 Å². The van der Waals surface area contributed by atoms with E-state index < -0.39 is 0 Å². The molecule has 0 amide bonds. The molecule has 3 unspecified atom stereocenters. The monoisotopic (exact) mass is 282 g/mol. The minimum Gasteiger partial charge on any atom is -0.395 e. The van der Waals surface area contributed by atoms with E-state index >= 15 is 0 Å². The van der Waals surface area contributed by atoms with E-state index in [4.69, 9.17) is 5.26 Å². The molecule has 0 saturated carbocycles. The lowest BCUT2D eigenvalue weighted by atomic mass is 10.0. The van der Waals surface area contributed by atoms with Crippen molar-refractivity contribution in [3.05, 3.63) is 35.1 Å². The number of aliphatic hydroxyl groups excluding tert-OH is 1. The van der Waals surface area contributed by atoms with Gasteiger partial charge in [-0.2, -0.15) is 17.0 Å². The topological polar surface area (TPSA) is 56.0 Å². The molecular weight excluding hydrogens is 263 g/mol. The maximum Gasteiger partial charge on any atom is 0.129 e. The number of benzene rings is 1. The van der Waals surface area contributed by atoms with Gasteiger partial charge in [-0.05, 0) is 32.2 Å². The lowest BCUT2D eigenvalue weighted by molar-refractivity contribution is 0.271. The van der Waals surface area contributed by atoms with Crippen LogP contribution in [0.2, 0.25) is 0 Å². The molecule has 0 aliphatic rings. The molecular formula is C14H19FN2OS. The molecule has 1 aromatic rings. The third-order valence-corrected chi connectivity index (χ3v) is 4.31. The lowest BCUT2D eigenvalue weighted by Gasteiger charge is -2.25. The maximum atomic E-state index is 13.9. The van der Waals surface area contributed by atoms with Crippen molar-refractivity contribution >= 4 is 11.8 Å². The lowest BCUT2D eigenvalue weighted by Crippen LogP contribution is -2.39. The van der Waals surface area contributed by atoms with Crippen LogP contribution in [0.5, 0.6) is 0 Å². The first-order valence-corrected chi connectivity index (χ1v) is 7.41. The number of nitrogens with zero attached hydrogens (tertiary/aromatic N) is 1. The van der Waals surface area contributed by atoms with Crippen molar-refractivity contribution in [2.45, 2.75) is 31.2 Å². The zero-order valence-corrected chi connectivity index (χ0v) is 12.2. The molecule has 0 fully saturated rings. The molecule has 0 radical (unpaired) electrons. The van der Waals surface area contributed by atoms with E-state index in [1.54, 1.807) is 23.9 Å². The SMILES string of the molecule is CSC(CO)C(C)NC(C)c1ccc(C#N)cc1F. The Morgan fingerprint density at radius 3 is 2.63 bits per heavy atom. The van der Waals surface area contributed by atoms with Gasteiger partial charge in [-0.15, -0.1) is 0 Å². The van der Waals surface area contributed by atoms with Crippen molar-refractivity contribution in [3.8, 4) is 6.07 Å². The van der Waals surface area contributed by atoms with Gasteiger partial charge in [0.25, 0.3) is 0 Å². The third kappa shape index (κ3) is 4.20. The molecule has 0 aliphatic carbocycles. The van der Waals surface area contributed by atoms with Crippen LogP contribution in [0.3, 0.4) is 0 Å². The number of nitriles is 1. The largest absolute Gasteiger partial charge is 0.395 e. The minimum atomic E-state index is -0.379. The highest BCUT2D eigenvalue weighted by Crippen LogP contribution is 2.20. The zero-order chi connectivity index (χ0) is 14.4. The van der Waals surface area contributed by atoms with Crippen molar-refractivity contribution < 1.29 is 9.50 Å². The van der Waals surface area contributed by atoms with Crippen molar-refractivity contribution in [3.63, 3.8) is 0 Å². The quantitative estimate of drug-likeness (QED) is 0.841. The van der Waals surface area contributed by atoms with Crippen LogP contribution < -0.4 is 5.32 Å². The van der Waals surface area contributed by atoms with Gasteiger partial charge in [0.1, 0.15) is 5.82 Å². The molecule has 0 aliphatic heterocycles. The van der Waals surface area contributed by atoms with E-state index in [1.807, 2.05) is 26.2 Å². The maximum absolute atomic E-state index is 13.9. The highest BCUT2D eigenvalue weighted by molar-refractivity contribution is 7.99. The first-order chi connectivity index (χ1) is 9.03. The number of aliphatic hydroxyl groups is 1. The Balaban J connectivity index is 2.78. The van der Waals surface area contributed by atoms with E-state index in [1.165, 1.54) is 6.07 Å². The number of nitrogens with one attached hydrogen (secondary N) is 1. The fourth-order valence-electron chi connectivity index (χ4n) is 1.98. The summed E-state index contributed by atoms with van der Waals surface area (Å²) in [6, 6.07) is 6.28. The number of hydrogen-bond acceptors (Lipinski definition) is 4. The van der Waals surface area contributed by atoms with E-state index in [0.29, 0.717) is 11.1 Å². The summed E-state index contributed by atoms with van der Waals surface area (Å²) in [6.07, 6.45) is 1.94. The summed E-state index contributed by atoms with van der Waals surface area (Å²) >= 11 is 1.58. The van der Waals surface area contributed by atoms with Gasteiger partial charge in [0, 0.05) is 22.9 Å². The molecule has 0 aromatic heterocycles. The highest BCUT2D eigenvalue weighted by atomic mass is 32.2. The van der Waals surface area contributed by atoms with Crippen LogP contribution in [-0.4, -0.2) is 29.3 Å². The molecule has 5 heteroatoms. The number of thioether (sulfide) groups is 1. The van der Waals surface area contributed by atoms with Gasteiger partial charge in [-0.25, -0.2) is 4.39 Å². The number of hydrogen-bond donors (Lipinski definition) is 2. The van der Waals surface area contributed by atoms with Gasteiger partial charge in [-0.3, -0.25) is 0 Å². The number of rotatable bonds is 6. The molecule has 3 atom stereocenters. The van der Waals surface area contributed by atoms with Crippen LogP contribution in [0, 0.1) is 17.1 Å². The summed E-state index contributed by atoms with van der Waals surface area (Å²) in [4.78, 5) is 0. The molecule has 19 heavy (non-hydrogen) atoms. The van der Waals surface area contributed by atoms with Crippen LogP contribution in [0.4, 0.5) is 4.39 Å². The Morgan fingerprint density at radius 1 is 1.47 bits per heavy atom. The average molecular weight is 282 g/mol. The first kappa shape index (κ1) is 16.0. The summed E-state index contributed by atoms with van der Waals surface area (Å²) in [5, 5.41) is 21.3. The molecule has 2 N–H and O–H groups in total. The Morgan fingerprint density at radius 2 is 2.16 bits per heavy atom. The molecule has 1 rings (SSSR count). The van der Waals surface area contributed by atoms with Crippen molar-refractivity contribution in [1.29, 1.82) is 5.26 Å². The first-order valence-electron chi connectivity index (χ1n) is 6.12. The Kier molecular flexibility index (Phi) is 6.29. The third-order valence-electron chi connectivity index (χ3n) is 3.15. The van der Waals surface area contributed by atoms with Crippen molar-refractivity contribution in [1.82, 2.24) is 5.32 Å². The fraction of sp³-hybridized carbons (Fsp3) is 0.500. The fourth-order valence-corrected chi connectivity index (χ4v) is 2.61. The van der Waals surface area contributed by atoms with Crippen LogP contribution >= 0.6 is 11.8 Å². The summed E-state index contributed by atoms with van der Waals surface area (Å²) in [6.45, 7) is 3.92. The van der Waals surface area contributed by atoms with E-state index in [9.17, 15) is 9.50 Å². The zero-order valence-electron chi connectivity index (χ0n) is 11.4. The second-order valence-corrected chi connectivity index (χ2v) is 5.56. The Hall–Kier alpha value is -1.09. The van der Waals surface area contributed by atoms with E-state index in [0.717, 1.165) is 0 Å². The van der Waals surface area contributed by atoms with Gasteiger partial charge in [0.2, 0.25) is 0 Å². The second-order valence-electron chi connectivity index (χ2n) is 4.48. The van der Waals surface area contributed by atoms with Gasteiger partial charge in [-0.1, -0.05) is 6.07 Å². The van der Waals surface area contributed by atoms with Crippen LogP contribution in [-0.2, 0) is 0 Å². The van der Waals surface area contributed by atoms with Crippen LogP contribution in [0.15, 0.2) is 18.2 Å². The van der Waals surface area contributed by atoms with Crippen LogP contribution in [0.1, 0.15) is 31.0 Å². The molecule has 0 saturated heterocycles. The summed E-state index contributed by atoms with van der Waals surface area (Å²) in [5.74, 6) is -0.379.